The lowest BCUT2D eigenvalue weighted by Gasteiger charge is -2.10. The molecule has 0 atom stereocenters. The molecule has 0 saturated carbocycles. The van der Waals surface area contributed by atoms with Crippen molar-refractivity contribution in [1.82, 2.24) is 19.5 Å². The Hall–Kier alpha value is -7.37. The van der Waals surface area contributed by atoms with Gasteiger partial charge in [0.2, 0.25) is 0 Å². The molecule has 0 aliphatic heterocycles. The molecule has 0 bridgehead atoms. The summed E-state index contributed by atoms with van der Waals surface area (Å²) in [7, 11) is 0. The van der Waals surface area contributed by atoms with Gasteiger partial charge >= 0.3 is 0 Å². The molecule has 252 valence electrons. The molecule has 0 unspecified atom stereocenters. The Morgan fingerprint density at radius 3 is 1.80 bits per heavy atom. The van der Waals surface area contributed by atoms with Gasteiger partial charge in [-0.2, -0.15) is 0 Å². The van der Waals surface area contributed by atoms with Crippen LogP contribution in [0.4, 0.5) is 0 Å². The van der Waals surface area contributed by atoms with E-state index >= 15 is 0 Å². The molecule has 0 amide bonds. The molecule has 11 aromatic rings. The van der Waals surface area contributed by atoms with Gasteiger partial charge in [0.25, 0.3) is 0 Å². The average Bonchev–Trinajstić information content (AvgIpc) is 3.80. The first-order valence-corrected chi connectivity index (χ1v) is 18.1. The van der Waals surface area contributed by atoms with E-state index in [1.807, 2.05) is 48.5 Å². The van der Waals surface area contributed by atoms with E-state index in [0.717, 1.165) is 55.4 Å². The van der Waals surface area contributed by atoms with Crippen LogP contribution in [0.3, 0.4) is 0 Å². The number of aromatic nitrogens is 4. The number of hydrogen-bond acceptors (Lipinski definition) is 4. The third kappa shape index (κ3) is 4.83. The molecule has 11 rings (SSSR count). The number of hydrogen-bond donors (Lipinski definition) is 0. The summed E-state index contributed by atoms with van der Waals surface area (Å²) in [6.45, 7) is 0. The molecule has 3 heterocycles. The van der Waals surface area contributed by atoms with Gasteiger partial charge < -0.3 is 8.98 Å². The lowest BCUT2D eigenvalue weighted by atomic mass is 10.0. The quantitative estimate of drug-likeness (QED) is 0.180. The van der Waals surface area contributed by atoms with Crippen LogP contribution < -0.4 is 0 Å². The van der Waals surface area contributed by atoms with Crippen molar-refractivity contribution >= 4 is 54.5 Å². The number of rotatable bonds is 5. The SMILES string of the molecule is c1ccc(-c2ccc(-c3nc(-c4ccccc4)nc(-c4cccc5oc6cc(-n7c8ccccc8c8ccc9ccccc9c87)ccc6c45)n3)cc2)cc1. The van der Waals surface area contributed by atoms with Gasteiger partial charge in [0.05, 0.1) is 11.0 Å². The zero-order valence-electron chi connectivity index (χ0n) is 29.0. The third-order valence-corrected chi connectivity index (χ3v) is 10.5. The maximum atomic E-state index is 6.67. The molecule has 0 aliphatic carbocycles. The second kappa shape index (κ2) is 12.1. The standard InChI is InChI=1S/C49H30N4O/c1-3-12-31(13-4-1)32-22-24-35(25-23-32)48-50-47(34-15-5-2-6-16-34)51-49(52-48)41-19-11-21-43-45(41)40-29-27-36(30-44(40)54-43)53-42-20-10-9-18-38(42)39-28-26-33-14-7-8-17-37(33)46(39)53/h1-30H. The predicted molar refractivity (Wildman–Crippen MR) is 221 cm³/mol. The smallest absolute Gasteiger partial charge is 0.164 e. The summed E-state index contributed by atoms with van der Waals surface area (Å²) in [4.78, 5) is 15.2. The number of fused-ring (bicyclic) bond motifs is 8. The predicted octanol–water partition coefficient (Wildman–Crippen LogP) is 12.7. The minimum absolute atomic E-state index is 0.595. The van der Waals surface area contributed by atoms with E-state index in [-0.39, 0.29) is 0 Å². The number of benzene rings is 8. The Morgan fingerprint density at radius 2 is 1.00 bits per heavy atom. The van der Waals surface area contributed by atoms with Gasteiger partial charge in [-0.25, -0.2) is 15.0 Å². The van der Waals surface area contributed by atoms with E-state index in [2.05, 4.69) is 138 Å². The van der Waals surface area contributed by atoms with Crippen LogP contribution in [0.5, 0.6) is 0 Å². The summed E-state index contributed by atoms with van der Waals surface area (Å²) in [6, 6.07) is 63.2. The summed E-state index contributed by atoms with van der Waals surface area (Å²) >= 11 is 0. The summed E-state index contributed by atoms with van der Waals surface area (Å²) in [6.07, 6.45) is 0. The normalized spacial score (nSPS) is 11.7. The fourth-order valence-electron chi connectivity index (χ4n) is 7.92. The molecular weight excluding hydrogens is 661 g/mol. The second-order valence-corrected chi connectivity index (χ2v) is 13.6. The molecule has 8 aromatic carbocycles. The molecule has 0 N–H and O–H groups in total. The Bertz CT molecular complexity index is 3200. The van der Waals surface area contributed by atoms with Gasteiger partial charge in [-0.15, -0.1) is 0 Å². The lowest BCUT2D eigenvalue weighted by Crippen LogP contribution is -2.00. The number of para-hydroxylation sites is 1. The zero-order chi connectivity index (χ0) is 35.6. The van der Waals surface area contributed by atoms with Crippen LogP contribution in [-0.4, -0.2) is 19.5 Å². The number of nitrogens with zero attached hydrogens (tertiary/aromatic N) is 4. The molecule has 0 aliphatic rings. The highest BCUT2D eigenvalue weighted by molar-refractivity contribution is 6.19. The molecule has 0 fully saturated rings. The Morgan fingerprint density at radius 1 is 0.389 bits per heavy atom. The zero-order valence-corrected chi connectivity index (χ0v) is 29.0. The Labute approximate surface area is 310 Å². The summed E-state index contributed by atoms with van der Waals surface area (Å²) in [5.41, 5.74) is 10.0. The first kappa shape index (κ1) is 30.3. The van der Waals surface area contributed by atoms with Crippen molar-refractivity contribution < 1.29 is 4.42 Å². The minimum atomic E-state index is 0.595. The van der Waals surface area contributed by atoms with E-state index in [4.69, 9.17) is 19.4 Å². The maximum absolute atomic E-state index is 6.67. The summed E-state index contributed by atoms with van der Waals surface area (Å²) in [5, 5.41) is 6.85. The number of furan rings is 1. The van der Waals surface area contributed by atoms with Crippen molar-refractivity contribution in [3.05, 3.63) is 182 Å². The Balaban J connectivity index is 1.09. The summed E-state index contributed by atoms with van der Waals surface area (Å²) < 4.78 is 9.03. The van der Waals surface area contributed by atoms with E-state index < -0.39 is 0 Å². The third-order valence-electron chi connectivity index (χ3n) is 10.5. The topological polar surface area (TPSA) is 56.7 Å². The molecule has 0 saturated heterocycles. The van der Waals surface area contributed by atoms with E-state index in [9.17, 15) is 0 Å². The van der Waals surface area contributed by atoms with Crippen LogP contribution in [-0.2, 0) is 0 Å². The van der Waals surface area contributed by atoms with E-state index in [1.54, 1.807) is 0 Å². The molecule has 5 heteroatoms. The van der Waals surface area contributed by atoms with Gasteiger partial charge in [-0.3, -0.25) is 0 Å². The lowest BCUT2D eigenvalue weighted by molar-refractivity contribution is 0.668. The first-order valence-electron chi connectivity index (χ1n) is 18.1. The molecule has 0 radical (unpaired) electrons. The highest BCUT2D eigenvalue weighted by atomic mass is 16.3. The molecular formula is C49H30N4O. The van der Waals surface area contributed by atoms with Crippen LogP contribution in [0, 0.1) is 0 Å². The molecule has 3 aromatic heterocycles. The summed E-state index contributed by atoms with van der Waals surface area (Å²) in [5.74, 6) is 1.83. The fraction of sp³-hybridized carbons (Fsp3) is 0. The first-order chi connectivity index (χ1) is 26.8. The van der Waals surface area contributed by atoms with Crippen molar-refractivity contribution in [3.8, 4) is 51.0 Å². The minimum Gasteiger partial charge on any atom is -0.456 e. The highest BCUT2D eigenvalue weighted by Gasteiger charge is 2.20. The van der Waals surface area contributed by atoms with Crippen LogP contribution in [0.25, 0.3) is 105 Å². The maximum Gasteiger partial charge on any atom is 0.164 e. The fourth-order valence-corrected chi connectivity index (χ4v) is 7.92. The van der Waals surface area contributed by atoms with Crippen molar-refractivity contribution in [2.24, 2.45) is 0 Å². The largest absolute Gasteiger partial charge is 0.456 e. The van der Waals surface area contributed by atoms with Gasteiger partial charge in [-0.05, 0) is 40.8 Å². The van der Waals surface area contributed by atoms with Crippen LogP contribution in [0.1, 0.15) is 0 Å². The molecule has 5 nitrogen and oxygen atoms in total. The van der Waals surface area contributed by atoms with E-state index in [1.165, 1.54) is 32.6 Å². The Kier molecular flexibility index (Phi) is 6.79. The van der Waals surface area contributed by atoms with Crippen molar-refractivity contribution in [2.75, 3.05) is 0 Å². The van der Waals surface area contributed by atoms with Gasteiger partial charge in [0.1, 0.15) is 11.2 Å². The van der Waals surface area contributed by atoms with E-state index in [0.29, 0.717) is 17.5 Å². The molecule has 54 heavy (non-hydrogen) atoms. The van der Waals surface area contributed by atoms with Gasteiger partial charge in [0, 0.05) is 55.4 Å². The van der Waals surface area contributed by atoms with Crippen molar-refractivity contribution in [3.63, 3.8) is 0 Å². The van der Waals surface area contributed by atoms with Gasteiger partial charge in [-0.1, -0.05) is 152 Å². The van der Waals surface area contributed by atoms with Crippen LogP contribution in [0.2, 0.25) is 0 Å². The van der Waals surface area contributed by atoms with Crippen LogP contribution in [0.15, 0.2) is 186 Å². The second-order valence-electron chi connectivity index (χ2n) is 13.6. The van der Waals surface area contributed by atoms with Crippen LogP contribution >= 0.6 is 0 Å². The van der Waals surface area contributed by atoms with Gasteiger partial charge in [0.15, 0.2) is 17.5 Å². The molecule has 0 spiro atoms. The monoisotopic (exact) mass is 690 g/mol. The highest BCUT2D eigenvalue weighted by Crippen LogP contribution is 2.40. The van der Waals surface area contributed by atoms with Crippen molar-refractivity contribution in [2.45, 2.75) is 0 Å². The van der Waals surface area contributed by atoms with Crippen molar-refractivity contribution in [1.29, 1.82) is 0 Å². The average molecular weight is 691 g/mol.